The predicted molar refractivity (Wildman–Crippen MR) is 75.7 cm³/mol. The Kier molecular flexibility index (Phi) is 3.82. The molecule has 3 unspecified atom stereocenters. The topological polar surface area (TPSA) is 21.3 Å². The van der Waals surface area contributed by atoms with E-state index in [2.05, 4.69) is 51.8 Å². The van der Waals surface area contributed by atoms with E-state index in [-0.39, 0.29) is 11.2 Å². The highest BCUT2D eigenvalue weighted by atomic mass is 32.2. The highest BCUT2D eigenvalue weighted by molar-refractivity contribution is 8.00. The van der Waals surface area contributed by atoms with Gasteiger partial charge in [0.05, 0.1) is 11.2 Å². The van der Waals surface area contributed by atoms with Crippen LogP contribution in [-0.4, -0.2) is 35.3 Å². The first-order chi connectivity index (χ1) is 7.86. The minimum Gasteiger partial charge on any atom is -0.369 e. The monoisotopic (exact) mass is 257 g/mol. The minimum absolute atomic E-state index is 0.000324. The number of thioether (sulfide) groups is 1. The maximum absolute atomic E-state index is 6.24. The number of nitrogens with one attached hydrogen (secondary N) is 1. The normalized spacial score (nSPS) is 37.2. The van der Waals surface area contributed by atoms with Gasteiger partial charge in [-0.25, -0.2) is 0 Å². The van der Waals surface area contributed by atoms with Gasteiger partial charge in [0.1, 0.15) is 0 Å². The lowest BCUT2D eigenvalue weighted by atomic mass is 9.79. The Labute approximate surface area is 110 Å². The first-order valence-corrected chi connectivity index (χ1v) is 7.90. The van der Waals surface area contributed by atoms with Crippen LogP contribution in [0.1, 0.15) is 47.0 Å². The van der Waals surface area contributed by atoms with E-state index in [9.17, 15) is 0 Å². The fourth-order valence-corrected chi connectivity index (χ4v) is 5.20. The third-order valence-corrected chi connectivity index (χ3v) is 5.76. The third kappa shape index (κ3) is 2.82. The van der Waals surface area contributed by atoms with Crippen molar-refractivity contribution in [2.45, 2.75) is 69.5 Å². The smallest absolute Gasteiger partial charge is 0.0678 e. The van der Waals surface area contributed by atoms with Crippen molar-refractivity contribution in [2.75, 3.05) is 12.8 Å². The standard InChI is InChI=1S/C14H27NOS/c1-13(2)9-10(14(3,4)16-13)12(15-5)11-7-6-8-17-11/h10-12,15H,6-9H2,1-5H3. The summed E-state index contributed by atoms with van der Waals surface area (Å²) in [7, 11) is 2.12. The van der Waals surface area contributed by atoms with Crippen molar-refractivity contribution in [3.8, 4) is 0 Å². The lowest BCUT2D eigenvalue weighted by Gasteiger charge is -2.35. The van der Waals surface area contributed by atoms with Gasteiger partial charge in [-0.05, 0) is 59.8 Å². The summed E-state index contributed by atoms with van der Waals surface area (Å²) in [5.41, 5.74) is 0.0346. The fourth-order valence-electron chi connectivity index (χ4n) is 3.70. The number of hydrogen-bond acceptors (Lipinski definition) is 3. The molecule has 0 aromatic carbocycles. The summed E-state index contributed by atoms with van der Waals surface area (Å²) in [5, 5.41) is 4.36. The molecule has 0 radical (unpaired) electrons. The lowest BCUT2D eigenvalue weighted by molar-refractivity contribution is -0.0775. The Bertz CT molecular complexity index is 271. The molecule has 2 aliphatic rings. The Balaban J connectivity index is 2.13. The van der Waals surface area contributed by atoms with Gasteiger partial charge in [0, 0.05) is 17.2 Å². The summed E-state index contributed by atoms with van der Waals surface area (Å²) in [6.07, 6.45) is 3.91. The van der Waals surface area contributed by atoms with Crippen LogP contribution in [0.3, 0.4) is 0 Å². The summed E-state index contributed by atoms with van der Waals surface area (Å²) in [6.45, 7) is 8.97. The largest absolute Gasteiger partial charge is 0.369 e. The van der Waals surface area contributed by atoms with E-state index >= 15 is 0 Å². The maximum atomic E-state index is 6.24. The van der Waals surface area contributed by atoms with Gasteiger partial charge in [-0.2, -0.15) is 11.8 Å². The highest BCUT2D eigenvalue weighted by Gasteiger charge is 2.50. The van der Waals surface area contributed by atoms with Crippen LogP contribution in [0, 0.1) is 5.92 Å². The number of ether oxygens (including phenoxy) is 1. The van der Waals surface area contributed by atoms with Crippen molar-refractivity contribution in [1.82, 2.24) is 5.32 Å². The van der Waals surface area contributed by atoms with Crippen molar-refractivity contribution in [2.24, 2.45) is 5.92 Å². The molecular formula is C14H27NOS. The molecule has 3 heteroatoms. The maximum Gasteiger partial charge on any atom is 0.0678 e. The molecule has 2 fully saturated rings. The average Bonchev–Trinajstić information content (AvgIpc) is 2.74. The summed E-state index contributed by atoms with van der Waals surface area (Å²) < 4.78 is 6.24. The summed E-state index contributed by atoms with van der Waals surface area (Å²) in [5.74, 6) is 1.96. The fraction of sp³-hybridized carbons (Fsp3) is 1.00. The minimum atomic E-state index is 0.000324. The van der Waals surface area contributed by atoms with E-state index in [1.165, 1.54) is 25.0 Å². The quantitative estimate of drug-likeness (QED) is 0.839. The van der Waals surface area contributed by atoms with E-state index in [1.807, 2.05) is 0 Å². The molecule has 0 aromatic heterocycles. The van der Waals surface area contributed by atoms with Gasteiger partial charge in [-0.1, -0.05) is 0 Å². The van der Waals surface area contributed by atoms with Gasteiger partial charge < -0.3 is 10.1 Å². The molecule has 1 N–H and O–H groups in total. The molecule has 0 amide bonds. The molecular weight excluding hydrogens is 230 g/mol. The highest BCUT2D eigenvalue weighted by Crippen LogP contribution is 2.46. The zero-order valence-corrected chi connectivity index (χ0v) is 12.7. The van der Waals surface area contributed by atoms with Crippen LogP contribution in [-0.2, 0) is 4.74 Å². The van der Waals surface area contributed by atoms with E-state index in [4.69, 9.17) is 4.74 Å². The van der Waals surface area contributed by atoms with E-state index in [0.717, 1.165) is 5.25 Å². The predicted octanol–water partition coefficient (Wildman–Crippen LogP) is 3.06. The molecule has 0 aromatic rings. The Morgan fingerprint density at radius 1 is 1.29 bits per heavy atom. The van der Waals surface area contributed by atoms with Crippen LogP contribution in [0.2, 0.25) is 0 Å². The third-order valence-electron chi connectivity index (χ3n) is 4.28. The van der Waals surface area contributed by atoms with Crippen LogP contribution in [0.4, 0.5) is 0 Å². The van der Waals surface area contributed by atoms with Crippen LogP contribution in [0.25, 0.3) is 0 Å². The molecule has 100 valence electrons. The average molecular weight is 257 g/mol. The molecule has 0 spiro atoms. The SMILES string of the molecule is CNC(C1CCCS1)C1CC(C)(C)OC1(C)C. The van der Waals surface area contributed by atoms with Gasteiger partial charge in [0.25, 0.3) is 0 Å². The first-order valence-electron chi connectivity index (χ1n) is 6.85. The van der Waals surface area contributed by atoms with Crippen molar-refractivity contribution >= 4 is 11.8 Å². The molecule has 2 aliphatic heterocycles. The van der Waals surface area contributed by atoms with Gasteiger partial charge in [-0.15, -0.1) is 0 Å². The van der Waals surface area contributed by atoms with Gasteiger partial charge >= 0.3 is 0 Å². The van der Waals surface area contributed by atoms with Crippen molar-refractivity contribution in [1.29, 1.82) is 0 Å². The van der Waals surface area contributed by atoms with Crippen LogP contribution in [0.5, 0.6) is 0 Å². The Morgan fingerprint density at radius 2 is 2.00 bits per heavy atom. The molecule has 2 nitrogen and oxygen atoms in total. The molecule has 0 saturated carbocycles. The summed E-state index contributed by atoms with van der Waals surface area (Å²) in [4.78, 5) is 0. The van der Waals surface area contributed by atoms with Crippen molar-refractivity contribution < 1.29 is 4.74 Å². The zero-order chi connectivity index (χ0) is 12.7. The van der Waals surface area contributed by atoms with Crippen molar-refractivity contribution in [3.63, 3.8) is 0 Å². The Morgan fingerprint density at radius 3 is 2.41 bits per heavy atom. The molecule has 3 atom stereocenters. The van der Waals surface area contributed by atoms with E-state index in [0.29, 0.717) is 12.0 Å². The second-order valence-corrected chi connectivity index (χ2v) is 7.99. The van der Waals surface area contributed by atoms with Crippen molar-refractivity contribution in [3.05, 3.63) is 0 Å². The van der Waals surface area contributed by atoms with E-state index < -0.39 is 0 Å². The molecule has 0 bridgehead atoms. The molecule has 2 heterocycles. The molecule has 17 heavy (non-hydrogen) atoms. The lowest BCUT2D eigenvalue weighted by Crippen LogP contribution is -2.48. The molecule has 0 aliphatic carbocycles. The second kappa shape index (κ2) is 4.75. The summed E-state index contributed by atoms with van der Waals surface area (Å²) in [6, 6.07) is 0.597. The van der Waals surface area contributed by atoms with Crippen LogP contribution in [0.15, 0.2) is 0 Å². The van der Waals surface area contributed by atoms with Crippen LogP contribution < -0.4 is 5.32 Å². The number of rotatable bonds is 3. The second-order valence-electron chi connectivity index (χ2n) is 6.64. The van der Waals surface area contributed by atoms with Gasteiger partial charge in [-0.3, -0.25) is 0 Å². The number of hydrogen-bond donors (Lipinski definition) is 1. The molecule has 2 saturated heterocycles. The zero-order valence-electron chi connectivity index (χ0n) is 11.9. The van der Waals surface area contributed by atoms with Gasteiger partial charge in [0.2, 0.25) is 0 Å². The van der Waals surface area contributed by atoms with E-state index in [1.54, 1.807) is 0 Å². The molecule has 2 rings (SSSR count). The first kappa shape index (κ1) is 13.7. The van der Waals surface area contributed by atoms with Crippen LogP contribution >= 0.6 is 11.8 Å². The Hall–Kier alpha value is 0.270. The van der Waals surface area contributed by atoms with Gasteiger partial charge in [0.15, 0.2) is 0 Å². The summed E-state index contributed by atoms with van der Waals surface area (Å²) >= 11 is 2.14.